The number of aromatic nitrogens is 4. The van der Waals surface area contributed by atoms with E-state index in [1.807, 2.05) is 0 Å². The highest BCUT2D eigenvalue weighted by Gasteiger charge is 2.09. The van der Waals surface area contributed by atoms with Crippen LogP contribution >= 0.6 is 0 Å². The van der Waals surface area contributed by atoms with Crippen molar-refractivity contribution in [2.45, 2.75) is 6.92 Å². The quantitative estimate of drug-likeness (QED) is 0.438. The van der Waals surface area contributed by atoms with Gasteiger partial charge in [-0.3, -0.25) is 9.89 Å². The number of nitrogen functional groups attached to an aromatic ring is 1. The van der Waals surface area contributed by atoms with Crippen LogP contribution in [0.5, 0.6) is 5.75 Å². The number of fused-ring (bicyclic) bond motifs is 1. The van der Waals surface area contributed by atoms with E-state index < -0.39 is 0 Å². The number of hydrogen-bond acceptors (Lipinski definition) is 5. The Hall–Kier alpha value is -2.83. The molecule has 0 spiro atoms. The van der Waals surface area contributed by atoms with E-state index in [9.17, 15) is 9.90 Å². The summed E-state index contributed by atoms with van der Waals surface area (Å²) in [5.41, 5.74) is 6.81. The average Bonchev–Trinajstić information content (AvgIpc) is 2.76. The molecule has 0 fully saturated rings. The molecule has 0 atom stereocenters. The second kappa shape index (κ2) is 3.84. The number of phenolic OH excluding ortho intramolecular Hbond substituents is 1. The molecule has 0 unspecified atom stereocenters. The SMILES string of the molecule is Cc1cc(=O)n2[nH]c(-c3ccc(N)c(O)c3)nc2n1. The second-order valence-corrected chi connectivity index (χ2v) is 4.22. The fraction of sp³-hybridized carbons (Fsp3) is 0.0833. The molecule has 0 aliphatic carbocycles. The number of anilines is 1. The van der Waals surface area contributed by atoms with E-state index in [1.54, 1.807) is 19.1 Å². The molecule has 0 saturated carbocycles. The standard InChI is InChI=1S/C12H11N5O2/c1-6-4-10(19)17-12(14-6)15-11(16-17)7-2-3-8(13)9(18)5-7/h2-5,18H,13H2,1H3,(H,14,15,16). The molecule has 3 rings (SSSR count). The molecule has 19 heavy (non-hydrogen) atoms. The van der Waals surface area contributed by atoms with Crippen LogP contribution in [0.1, 0.15) is 5.69 Å². The fourth-order valence-corrected chi connectivity index (χ4v) is 1.81. The van der Waals surface area contributed by atoms with Crippen LogP contribution in [0.4, 0.5) is 5.69 Å². The van der Waals surface area contributed by atoms with Crippen molar-refractivity contribution in [1.82, 2.24) is 19.6 Å². The number of aryl methyl sites for hydroxylation is 1. The molecular formula is C12H11N5O2. The van der Waals surface area contributed by atoms with Gasteiger partial charge in [-0.25, -0.2) is 4.98 Å². The highest BCUT2D eigenvalue weighted by molar-refractivity contribution is 5.65. The lowest BCUT2D eigenvalue weighted by molar-refractivity contribution is 0.478. The molecule has 7 heteroatoms. The Morgan fingerprint density at radius 1 is 1.32 bits per heavy atom. The first-order valence-electron chi connectivity index (χ1n) is 5.60. The lowest BCUT2D eigenvalue weighted by atomic mass is 10.2. The minimum Gasteiger partial charge on any atom is -0.506 e. The summed E-state index contributed by atoms with van der Waals surface area (Å²) in [4.78, 5) is 20.1. The Labute approximate surface area is 107 Å². The molecule has 0 radical (unpaired) electrons. The topological polar surface area (TPSA) is 109 Å². The summed E-state index contributed by atoms with van der Waals surface area (Å²) in [6, 6.07) is 6.16. The number of phenols is 1. The van der Waals surface area contributed by atoms with Crippen LogP contribution < -0.4 is 11.3 Å². The van der Waals surface area contributed by atoms with E-state index >= 15 is 0 Å². The molecule has 0 amide bonds. The summed E-state index contributed by atoms with van der Waals surface area (Å²) in [6.45, 7) is 1.73. The Kier molecular flexibility index (Phi) is 2.28. The van der Waals surface area contributed by atoms with Crippen molar-refractivity contribution in [3.63, 3.8) is 0 Å². The zero-order valence-electron chi connectivity index (χ0n) is 10.1. The lowest BCUT2D eigenvalue weighted by Crippen LogP contribution is -2.14. The van der Waals surface area contributed by atoms with Gasteiger partial charge in [-0.1, -0.05) is 0 Å². The molecule has 0 aliphatic rings. The van der Waals surface area contributed by atoms with Gasteiger partial charge < -0.3 is 10.8 Å². The maximum absolute atomic E-state index is 11.7. The highest BCUT2D eigenvalue weighted by Crippen LogP contribution is 2.25. The number of nitrogens with one attached hydrogen (secondary N) is 1. The van der Waals surface area contributed by atoms with Gasteiger partial charge in [0.2, 0.25) is 0 Å². The average molecular weight is 257 g/mol. The first kappa shape index (κ1) is 11.3. The number of aromatic hydroxyl groups is 1. The molecule has 0 bridgehead atoms. The Morgan fingerprint density at radius 3 is 2.84 bits per heavy atom. The van der Waals surface area contributed by atoms with Gasteiger partial charge in [-0.15, -0.1) is 0 Å². The smallest absolute Gasteiger partial charge is 0.274 e. The third-order valence-corrected chi connectivity index (χ3v) is 2.76. The largest absolute Gasteiger partial charge is 0.506 e. The zero-order valence-corrected chi connectivity index (χ0v) is 10.1. The van der Waals surface area contributed by atoms with Gasteiger partial charge in [-0.05, 0) is 25.1 Å². The Balaban J connectivity index is 2.23. The zero-order chi connectivity index (χ0) is 13.6. The third-order valence-electron chi connectivity index (χ3n) is 2.76. The van der Waals surface area contributed by atoms with Crippen molar-refractivity contribution in [3.8, 4) is 17.1 Å². The number of aromatic amines is 1. The van der Waals surface area contributed by atoms with Crippen molar-refractivity contribution in [2.75, 3.05) is 5.73 Å². The maximum Gasteiger partial charge on any atom is 0.274 e. The molecular weight excluding hydrogens is 246 g/mol. The first-order chi connectivity index (χ1) is 9.04. The van der Waals surface area contributed by atoms with Gasteiger partial charge in [0, 0.05) is 17.3 Å². The summed E-state index contributed by atoms with van der Waals surface area (Å²) in [6.07, 6.45) is 0. The predicted molar refractivity (Wildman–Crippen MR) is 69.9 cm³/mol. The van der Waals surface area contributed by atoms with Gasteiger partial charge >= 0.3 is 0 Å². The molecule has 1 aromatic carbocycles. The molecule has 2 heterocycles. The number of nitrogens with zero attached hydrogens (tertiary/aromatic N) is 3. The van der Waals surface area contributed by atoms with Gasteiger partial charge in [-0.2, -0.15) is 9.50 Å². The van der Waals surface area contributed by atoms with Crippen molar-refractivity contribution in [2.24, 2.45) is 0 Å². The van der Waals surface area contributed by atoms with E-state index in [0.717, 1.165) is 0 Å². The lowest BCUT2D eigenvalue weighted by Gasteiger charge is -2.00. The first-order valence-corrected chi connectivity index (χ1v) is 5.60. The van der Waals surface area contributed by atoms with Crippen LogP contribution in [0, 0.1) is 6.92 Å². The van der Waals surface area contributed by atoms with Crippen molar-refractivity contribution >= 4 is 11.5 Å². The Bertz CT molecular complexity index is 834. The summed E-state index contributed by atoms with van der Waals surface area (Å²) >= 11 is 0. The number of nitrogens with two attached hydrogens (primary N) is 1. The molecule has 2 aromatic heterocycles. The van der Waals surface area contributed by atoms with E-state index in [4.69, 9.17) is 5.73 Å². The predicted octanol–water partition coefficient (Wildman–Crippen LogP) is 0.681. The molecule has 4 N–H and O–H groups in total. The van der Waals surface area contributed by atoms with E-state index in [0.29, 0.717) is 17.1 Å². The van der Waals surface area contributed by atoms with Crippen LogP contribution in [-0.4, -0.2) is 24.7 Å². The van der Waals surface area contributed by atoms with E-state index in [2.05, 4.69) is 15.1 Å². The molecule has 0 aliphatic heterocycles. The summed E-state index contributed by atoms with van der Waals surface area (Å²) in [5.74, 6) is 0.691. The van der Waals surface area contributed by atoms with Gasteiger partial charge in [0.05, 0.1) is 5.69 Å². The second-order valence-electron chi connectivity index (χ2n) is 4.22. The van der Waals surface area contributed by atoms with Gasteiger partial charge in [0.15, 0.2) is 5.82 Å². The summed E-state index contributed by atoms with van der Waals surface area (Å²) in [5, 5.41) is 12.4. The van der Waals surface area contributed by atoms with Crippen LogP contribution in [0.3, 0.4) is 0 Å². The van der Waals surface area contributed by atoms with Crippen molar-refractivity contribution < 1.29 is 5.11 Å². The minimum absolute atomic E-state index is 0.0329. The third kappa shape index (κ3) is 1.81. The number of H-pyrrole nitrogens is 1. The van der Waals surface area contributed by atoms with E-state index in [-0.39, 0.29) is 22.8 Å². The van der Waals surface area contributed by atoms with E-state index in [1.165, 1.54) is 16.6 Å². The van der Waals surface area contributed by atoms with Crippen LogP contribution in [0.2, 0.25) is 0 Å². The molecule has 0 saturated heterocycles. The number of benzene rings is 1. The van der Waals surface area contributed by atoms with Crippen molar-refractivity contribution in [1.29, 1.82) is 0 Å². The maximum atomic E-state index is 11.7. The highest BCUT2D eigenvalue weighted by atomic mass is 16.3. The van der Waals surface area contributed by atoms with Crippen LogP contribution in [-0.2, 0) is 0 Å². The monoisotopic (exact) mass is 257 g/mol. The molecule has 3 aromatic rings. The van der Waals surface area contributed by atoms with Crippen molar-refractivity contribution in [3.05, 3.63) is 40.3 Å². The van der Waals surface area contributed by atoms with Gasteiger partial charge in [0.25, 0.3) is 11.3 Å². The van der Waals surface area contributed by atoms with Crippen LogP contribution in [0.25, 0.3) is 17.2 Å². The Morgan fingerprint density at radius 2 is 2.11 bits per heavy atom. The fourth-order valence-electron chi connectivity index (χ4n) is 1.81. The molecule has 96 valence electrons. The number of hydrogen-bond donors (Lipinski definition) is 3. The van der Waals surface area contributed by atoms with Gasteiger partial charge in [0.1, 0.15) is 5.75 Å². The normalized spacial score (nSPS) is 11.0. The summed E-state index contributed by atoms with van der Waals surface area (Å²) < 4.78 is 1.25. The number of rotatable bonds is 1. The van der Waals surface area contributed by atoms with Crippen LogP contribution in [0.15, 0.2) is 29.1 Å². The molecule has 7 nitrogen and oxygen atoms in total. The minimum atomic E-state index is -0.235. The summed E-state index contributed by atoms with van der Waals surface area (Å²) in [7, 11) is 0.